The zero-order valence-electron chi connectivity index (χ0n) is 27.8. The maximum Gasteiger partial charge on any atom is 0.437 e. The van der Waals surface area contributed by atoms with Crippen LogP contribution in [0.4, 0.5) is 0 Å². The van der Waals surface area contributed by atoms with Crippen LogP contribution in [-0.2, 0) is 5.66 Å². The van der Waals surface area contributed by atoms with Gasteiger partial charge in [0.15, 0.2) is 22.6 Å². The summed E-state index contributed by atoms with van der Waals surface area (Å²) in [6, 6.07) is 59.7. The number of aromatic nitrogens is 2. The summed E-state index contributed by atoms with van der Waals surface area (Å²) in [6.07, 6.45) is 0. The number of hydrogen-bond acceptors (Lipinski definition) is 3. The number of nitrogens with zero attached hydrogens (tertiary/aromatic N) is 2. The second kappa shape index (κ2) is 10.1. The summed E-state index contributed by atoms with van der Waals surface area (Å²) in [6.45, 7) is 0. The zero-order chi connectivity index (χ0) is 34.0. The van der Waals surface area contributed by atoms with Crippen molar-refractivity contribution < 1.29 is 23.3 Å². The topological polar surface area (TPSA) is 35.5 Å². The Morgan fingerprint density at radius 3 is 1.06 bits per heavy atom. The number of rotatable bonds is 4. The van der Waals surface area contributed by atoms with Crippen molar-refractivity contribution in [3.05, 3.63) is 181 Å². The fraction of sp³-hybridized carbons (Fsp3) is 0.0213. The van der Waals surface area contributed by atoms with Gasteiger partial charge in [0.05, 0.1) is 12.1 Å². The van der Waals surface area contributed by atoms with E-state index >= 15 is 0 Å². The molecule has 2 aromatic heterocycles. The van der Waals surface area contributed by atoms with Crippen molar-refractivity contribution >= 4 is 0 Å². The number of fused-ring (bicyclic) bond motifs is 1. The summed E-state index contributed by atoms with van der Waals surface area (Å²) in [5.41, 5.74) is 12.4. The van der Waals surface area contributed by atoms with Gasteiger partial charge in [-0.2, -0.15) is 0 Å². The first-order valence-electron chi connectivity index (χ1n) is 17.6. The molecule has 0 N–H and O–H groups in total. The second-order valence-electron chi connectivity index (χ2n) is 13.7. The monoisotopic (exact) mass is 668 g/mol. The molecule has 0 radical (unpaired) electrons. The van der Waals surface area contributed by atoms with Gasteiger partial charge in [-0.15, -0.1) is 0 Å². The molecule has 0 unspecified atom stereocenters. The number of pyridine rings is 2. The molecule has 0 amide bonds. The Morgan fingerprint density at radius 2 is 0.654 bits per heavy atom. The Balaban J connectivity index is 1.11. The van der Waals surface area contributed by atoms with Crippen molar-refractivity contribution in [2.24, 2.45) is 0 Å². The lowest BCUT2D eigenvalue weighted by molar-refractivity contribution is -0.943. The lowest BCUT2D eigenvalue weighted by Gasteiger charge is -2.35. The van der Waals surface area contributed by atoms with Gasteiger partial charge in [0.25, 0.3) is 11.4 Å². The molecule has 52 heavy (non-hydrogen) atoms. The summed E-state index contributed by atoms with van der Waals surface area (Å²) < 4.78 is 25.1. The Bertz CT molecular complexity index is 2600. The average Bonchev–Trinajstić information content (AvgIpc) is 3.50. The highest BCUT2D eigenvalue weighted by Crippen LogP contribution is 2.59. The van der Waals surface area contributed by atoms with E-state index in [4.69, 9.17) is 14.2 Å². The highest BCUT2D eigenvalue weighted by molar-refractivity contribution is 5.78. The van der Waals surface area contributed by atoms with Gasteiger partial charge in [0, 0.05) is 12.1 Å². The fourth-order valence-corrected chi connectivity index (χ4v) is 8.70. The van der Waals surface area contributed by atoms with E-state index < -0.39 is 5.66 Å². The van der Waals surface area contributed by atoms with Gasteiger partial charge in [-0.05, 0) is 68.8 Å². The van der Waals surface area contributed by atoms with Crippen LogP contribution in [0.3, 0.4) is 0 Å². The minimum absolute atomic E-state index is 0.761. The van der Waals surface area contributed by atoms with Crippen LogP contribution in [0.2, 0.25) is 0 Å². The predicted molar refractivity (Wildman–Crippen MR) is 199 cm³/mol. The van der Waals surface area contributed by atoms with E-state index in [0.717, 1.165) is 79.5 Å². The molecular formula is C47H28N2O3+2. The van der Waals surface area contributed by atoms with E-state index in [9.17, 15) is 0 Å². The molecule has 242 valence electrons. The van der Waals surface area contributed by atoms with Crippen molar-refractivity contribution in [2.75, 3.05) is 0 Å². The maximum atomic E-state index is 6.87. The van der Waals surface area contributed by atoms with Gasteiger partial charge in [0.2, 0.25) is 0 Å². The number of hydrogen-bond donors (Lipinski definition) is 0. The van der Waals surface area contributed by atoms with E-state index in [1.165, 1.54) is 22.3 Å². The molecule has 6 heterocycles. The van der Waals surface area contributed by atoms with E-state index in [-0.39, 0.29) is 0 Å². The third-order valence-electron chi connectivity index (χ3n) is 10.9. The van der Waals surface area contributed by atoms with Crippen molar-refractivity contribution in [1.29, 1.82) is 0 Å². The first kappa shape index (κ1) is 27.8. The fourth-order valence-electron chi connectivity index (χ4n) is 8.70. The Morgan fingerprint density at radius 1 is 0.308 bits per heavy atom. The minimum Gasteiger partial charge on any atom is -0.455 e. The van der Waals surface area contributed by atoms with Gasteiger partial charge in [-0.25, -0.2) is 0 Å². The van der Waals surface area contributed by atoms with Crippen LogP contribution >= 0.6 is 0 Å². The smallest absolute Gasteiger partial charge is 0.437 e. The van der Waals surface area contributed by atoms with Crippen molar-refractivity contribution in [3.8, 4) is 90.7 Å². The summed E-state index contributed by atoms with van der Waals surface area (Å²) in [5.74, 6) is 4.62. The minimum atomic E-state index is -0.798. The molecule has 5 nitrogen and oxygen atoms in total. The third-order valence-corrected chi connectivity index (χ3v) is 10.9. The largest absolute Gasteiger partial charge is 0.455 e. The summed E-state index contributed by atoms with van der Waals surface area (Å²) in [4.78, 5) is 0. The molecule has 0 atom stereocenters. The summed E-state index contributed by atoms with van der Waals surface area (Å²) >= 11 is 0. The molecule has 5 heteroatoms. The summed E-state index contributed by atoms with van der Waals surface area (Å²) in [7, 11) is 0. The average molecular weight is 669 g/mol. The number of benzene rings is 6. The van der Waals surface area contributed by atoms with Gasteiger partial charge >= 0.3 is 17.4 Å². The van der Waals surface area contributed by atoms with E-state index in [2.05, 4.69) is 130 Å². The van der Waals surface area contributed by atoms with Crippen LogP contribution in [0.25, 0.3) is 55.9 Å². The standard InChI is InChI=1S/C47H28N2O3/c1-3-9-29(10-4-1)31-17-21-33(22-18-31)35-25-37-38-26-36(34-23-19-32(20-24-34)30-11-5-2-6-12-30)28-44-49(38)47-45-39(50-40-14-8-16-42(52-44)46(40)47)13-7-15-41(45)51-43(27-35)48(37)47/h1-28H/q+2. The Hall–Kier alpha value is -6.98. The van der Waals surface area contributed by atoms with Crippen LogP contribution < -0.4 is 23.3 Å². The highest BCUT2D eigenvalue weighted by Gasteiger charge is 2.75. The Labute approximate surface area is 299 Å². The molecule has 4 aliphatic heterocycles. The second-order valence-corrected chi connectivity index (χ2v) is 13.7. The van der Waals surface area contributed by atoms with Crippen LogP contribution in [0, 0.1) is 0 Å². The molecule has 6 aromatic carbocycles. The van der Waals surface area contributed by atoms with Crippen LogP contribution in [0.1, 0.15) is 11.1 Å². The zero-order valence-corrected chi connectivity index (χ0v) is 27.8. The van der Waals surface area contributed by atoms with E-state index in [1.54, 1.807) is 0 Å². The maximum absolute atomic E-state index is 6.87. The molecule has 0 bridgehead atoms. The van der Waals surface area contributed by atoms with Crippen LogP contribution in [0.5, 0.6) is 34.8 Å². The highest BCUT2D eigenvalue weighted by atomic mass is 16.5. The van der Waals surface area contributed by atoms with Crippen LogP contribution in [-0.4, -0.2) is 0 Å². The van der Waals surface area contributed by atoms with Gasteiger partial charge in [-0.3, -0.25) is 0 Å². The molecule has 0 saturated heterocycles. The quantitative estimate of drug-likeness (QED) is 0.175. The molecule has 1 spiro atoms. The molecule has 0 saturated carbocycles. The van der Waals surface area contributed by atoms with Gasteiger partial charge in [-0.1, -0.05) is 130 Å². The lowest BCUT2D eigenvalue weighted by atomic mass is 9.84. The lowest BCUT2D eigenvalue weighted by Crippen LogP contribution is -2.74. The normalized spacial score (nSPS) is 14.0. The molecule has 4 aliphatic rings. The van der Waals surface area contributed by atoms with Crippen LogP contribution in [0.15, 0.2) is 170 Å². The molecule has 0 aliphatic carbocycles. The molecular weight excluding hydrogens is 641 g/mol. The van der Waals surface area contributed by atoms with E-state index in [1.807, 2.05) is 48.5 Å². The van der Waals surface area contributed by atoms with Crippen molar-refractivity contribution in [3.63, 3.8) is 0 Å². The molecule has 12 rings (SSSR count). The predicted octanol–water partition coefficient (Wildman–Crippen LogP) is 10.5. The number of ether oxygens (including phenoxy) is 3. The van der Waals surface area contributed by atoms with Crippen molar-refractivity contribution in [1.82, 2.24) is 0 Å². The van der Waals surface area contributed by atoms with Gasteiger partial charge < -0.3 is 14.2 Å². The first-order chi connectivity index (χ1) is 25.7. The SMILES string of the molecule is c1ccc(-c2ccc(-c3cc4[n+]5c(c3)-c3cc(-c6ccc(-c7ccccc7)cc6)cc6[n+]3C53c5c(cccc5O4)Oc4cccc(c43)O6)cc2)cc1. The van der Waals surface area contributed by atoms with Crippen molar-refractivity contribution in [2.45, 2.75) is 5.66 Å². The third kappa shape index (κ3) is 3.61. The van der Waals surface area contributed by atoms with Gasteiger partial charge in [0.1, 0.15) is 11.5 Å². The van der Waals surface area contributed by atoms with E-state index in [0.29, 0.717) is 0 Å². The molecule has 0 fully saturated rings. The Kier molecular flexibility index (Phi) is 5.37. The summed E-state index contributed by atoms with van der Waals surface area (Å²) in [5, 5.41) is 0. The molecule has 8 aromatic rings. The first-order valence-corrected chi connectivity index (χ1v) is 17.6.